The van der Waals surface area contributed by atoms with Gasteiger partial charge in [0.05, 0.1) is 5.56 Å². The Kier molecular flexibility index (Phi) is 5.86. The molecule has 1 N–H and O–H groups in total. The fourth-order valence-corrected chi connectivity index (χ4v) is 3.34. The molecule has 5 heteroatoms. The summed E-state index contributed by atoms with van der Waals surface area (Å²) in [6.45, 7) is 6.00. The molecule has 0 aliphatic carbocycles. The van der Waals surface area contributed by atoms with Gasteiger partial charge in [-0.05, 0) is 55.9 Å². The number of nitrogens with one attached hydrogen (secondary N) is 1. The van der Waals surface area contributed by atoms with Gasteiger partial charge in [0.25, 0.3) is 5.91 Å². The lowest BCUT2D eigenvalue weighted by molar-refractivity contribution is 0.102. The number of nitrogens with zero attached hydrogens (tertiary/aromatic N) is 1. The zero-order chi connectivity index (χ0) is 16.1. The second kappa shape index (κ2) is 7.65. The number of carbonyl (C=O) groups is 1. The van der Waals surface area contributed by atoms with Crippen molar-refractivity contribution in [3.8, 4) is 0 Å². The van der Waals surface area contributed by atoms with Crippen LogP contribution in [0.3, 0.4) is 0 Å². The van der Waals surface area contributed by atoms with E-state index in [0.717, 1.165) is 28.5 Å². The number of hydrogen-bond donors (Lipinski definition) is 1. The van der Waals surface area contributed by atoms with Crippen molar-refractivity contribution in [2.75, 3.05) is 11.1 Å². The van der Waals surface area contributed by atoms with Crippen LogP contribution in [-0.2, 0) is 0 Å². The largest absolute Gasteiger partial charge is 0.322 e. The van der Waals surface area contributed by atoms with Gasteiger partial charge in [-0.1, -0.05) is 24.6 Å². The number of amides is 1. The normalized spacial score (nSPS) is 10.5. The Morgan fingerprint density at radius 1 is 1.32 bits per heavy atom. The summed E-state index contributed by atoms with van der Waals surface area (Å²) in [5.74, 6) is 0.790. The second-order valence-corrected chi connectivity index (χ2v) is 6.59. The molecule has 2 aromatic rings. The maximum atomic E-state index is 12.6. The van der Waals surface area contributed by atoms with Gasteiger partial charge in [0.2, 0.25) is 0 Å². The molecule has 0 fully saturated rings. The van der Waals surface area contributed by atoms with Gasteiger partial charge < -0.3 is 5.32 Å². The summed E-state index contributed by atoms with van der Waals surface area (Å²) >= 11 is 7.58. The molecule has 1 heterocycles. The fourth-order valence-electron chi connectivity index (χ4n) is 2.14. The van der Waals surface area contributed by atoms with Crippen LogP contribution in [0.4, 0.5) is 5.69 Å². The average Bonchev–Trinajstić information content (AvgIpc) is 2.44. The molecular weight excluding hydrogens is 316 g/mol. The first-order valence-electron chi connectivity index (χ1n) is 7.19. The summed E-state index contributed by atoms with van der Waals surface area (Å²) in [7, 11) is 0. The first-order chi connectivity index (χ1) is 10.5. The summed E-state index contributed by atoms with van der Waals surface area (Å²) in [5, 5.41) is 4.28. The summed E-state index contributed by atoms with van der Waals surface area (Å²) < 4.78 is 0. The van der Waals surface area contributed by atoms with Crippen molar-refractivity contribution in [2.45, 2.75) is 32.2 Å². The molecule has 0 saturated carbocycles. The van der Waals surface area contributed by atoms with Crippen LogP contribution in [0.5, 0.6) is 0 Å². The minimum atomic E-state index is -0.147. The summed E-state index contributed by atoms with van der Waals surface area (Å²) in [5.41, 5.74) is 3.19. The van der Waals surface area contributed by atoms with E-state index in [-0.39, 0.29) is 5.91 Å². The third-order valence-electron chi connectivity index (χ3n) is 3.06. The molecule has 1 amide bonds. The van der Waals surface area contributed by atoms with Gasteiger partial charge >= 0.3 is 0 Å². The van der Waals surface area contributed by atoms with Crippen molar-refractivity contribution in [3.05, 3.63) is 52.2 Å². The van der Waals surface area contributed by atoms with E-state index in [0.29, 0.717) is 16.3 Å². The molecule has 0 aliphatic rings. The van der Waals surface area contributed by atoms with Crippen molar-refractivity contribution in [3.63, 3.8) is 0 Å². The standard InChI is InChI=1S/C17H19ClN2OS/c1-4-8-22-17-15(11(2)9-12(3)19-17)16(21)20-14-7-5-6-13(18)10-14/h5-7,9-10H,4,8H2,1-3H3,(H,20,21). The molecule has 3 nitrogen and oxygen atoms in total. The van der Waals surface area contributed by atoms with Crippen LogP contribution in [0.1, 0.15) is 35.0 Å². The van der Waals surface area contributed by atoms with Gasteiger partial charge in [-0.15, -0.1) is 11.8 Å². The number of anilines is 1. The van der Waals surface area contributed by atoms with E-state index in [9.17, 15) is 4.79 Å². The van der Waals surface area contributed by atoms with E-state index < -0.39 is 0 Å². The van der Waals surface area contributed by atoms with Gasteiger partial charge in [0, 0.05) is 16.4 Å². The molecule has 116 valence electrons. The number of halogens is 1. The van der Waals surface area contributed by atoms with Crippen LogP contribution >= 0.6 is 23.4 Å². The van der Waals surface area contributed by atoms with E-state index in [1.165, 1.54) is 0 Å². The SMILES string of the molecule is CCCSc1nc(C)cc(C)c1C(=O)Nc1cccc(Cl)c1. The van der Waals surface area contributed by atoms with Crippen LogP contribution in [0.2, 0.25) is 5.02 Å². The Morgan fingerprint density at radius 2 is 2.09 bits per heavy atom. The molecule has 0 atom stereocenters. The number of hydrogen-bond acceptors (Lipinski definition) is 3. The van der Waals surface area contributed by atoms with Crippen molar-refractivity contribution < 1.29 is 4.79 Å². The molecule has 0 spiro atoms. The number of aryl methyl sites for hydroxylation is 2. The quantitative estimate of drug-likeness (QED) is 0.773. The van der Waals surface area contributed by atoms with Gasteiger partial charge in [0.1, 0.15) is 5.03 Å². The number of thioether (sulfide) groups is 1. The van der Waals surface area contributed by atoms with Gasteiger partial charge in [-0.3, -0.25) is 4.79 Å². The highest BCUT2D eigenvalue weighted by atomic mass is 35.5. The molecule has 1 aromatic carbocycles. The molecule has 0 unspecified atom stereocenters. The van der Waals surface area contributed by atoms with E-state index in [1.54, 1.807) is 23.9 Å². The number of pyridine rings is 1. The molecular formula is C17H19ClN2OS. The van der Waals surface area contributed by atoms with Gasteiger partial charge in [-0.25, -0.2) is 4.98 Å². The van der Waals surface area contributed by atoms with Crippen LogP contribution in [0.25, 0.3) is 0 Å². The Morgan fingerprint density at radius 3 is 2.77 bits per heavy atom. The lowest BCUT2D eigenvalue weighted by Gasteiger charge is -2.13. The number of rotatable bonds is 5. The molecule has 2 rings (SSSR count). The summed E-state index contributed by atoms with van der Waals surface area (Å²) in [6, 6.07) is 9.07. The van der Waals surface area contributed by atoms with Crippen molar-refractivity contribution >= 4 is 35.0 Å². The minimum absolute atomic E-state index is 0.147. The lowest BCUT2D eigenvalue weighted by atomic mass is 10.1. The third-order valence-corrected chi connectivity index (χ3v) is 4.48. The molecule has 0 radical (unpaired) electrons. The second-order valence-electron chi connectivity index (χ2n) is 5.07. The van der Waals surface area contributed by atoms with E-state index >= 15 is 0 Å². The molecule has 0 bridgehead atoms. The average molecular weight is 335 g/mol. The lowest BCUT2D eigenvalue weighted by Crippen LogP contribution is -2.16. The predicted molar refractivity (Wildman–Crippen MR) is 94.1 cm³/mol. The highest BCUT2D eigenvalue weighted by Crippen LogP contribution is 2.26. The van der Waals surface area contributed by atoms with Gasteiger partial charge in [-0.2, -0.15) is 0 Å². The summed E-state index contributed by atoms with van der Waals surface area (Å²) in [6.07, 6.45) is 1.04. The van der Waals surface area contributed by atoms with Crippen LogP contribution in [0, 0.1) is 13.8 Å². The first-order valence-corrected chi connectivity index (χ1v) is 8.55. The Labute approximate surface area is 140 Å². The number of aromatic nitrogens is 1. The molecule has 0 saturated heterocycles. The topological polar surface area (TPSA) is 42.0 Å². The van der Waals surface area contributed by atoms with Crippen LogP contribution in [-0.4, -0.2) is 16.6 Å². The Hall–Kier alpha value is -1.52. The monoisotopic (exact) mass is 334 g/mol. The van der Waals surface area contributed by atoms with Gasteiger partial charge in [0.15, 0.2) is 0 Å². The maximum absolute atomic E-state index is 12.6. The third kappa shape index (κ3) is 4.24. The van der Waals surface area contributed by atoms with Crippen LogP contribution in [0.15, 0.2) is 35.4 Å². The molecule has 1 aromatic heterocycles. The van der Waals surface area contributed by atoms with E-state index in [4.69, 9.17) is 11.6 Å². The number of carbonyl (C=O) groups excluding carboxylic acids is 1. The summed E-state index contributed by atoms with van der Waals surface area (Å²) in [4.78, 5) is 17.2. The zero-order valence-electron chi connectivity index (χ0n) is 12.9. The first kappa shape index (κ1) is 16.8. The predicted octanol–water partition coefficient (Wildman–Crippen LogP) is 5.11. The van der Waals surface area contributed by atoms with Crippen molar-refractivity contribution in [1.82, 2.24) is 4.98 Å². The fraction of sp³-hybridized carbons (Fsp3) is 0.294. The van der Waals surface area contributed by atoms with Crippen molar-refractivity contribution in [2.24, 2.45) is 0 Å². The zero-order valence-corrected chi connectivity index (χ0v) is 14.5. The van der Waals surface area contributed by atoms with Crippen molar-refractivity contribution in [1.29, 1.82) is 0 Å². The highest BCUT2D eigenvalue weighted by Gasteiger charge is 2.17. The number of benzene rings is 1. The van der Waals surface area contributed by atoms with E-state index in [2.05, 4.69) is 17.2 Å². The smallest absolute Gasteiger partial charge is 0.258 e. The van der Waals surface area contributed by atoms with E-state index in [1.807, 2.05) is 32.0 Å². The Balaban J connectivity index is 2.31. The minimum Gasteiger partial charge on any atom is -0.322 e. The maximum Gasteiger partial charge on any atom is 0.258 e. The van der Waals surface area contributed by atoms with Crippen LogP contribution < -0.4 is 5.32 Å². The molecule has 22 heavy (non-hydrogen) atoms. The Bertz CT molecular complexity index is 688. The molecule has 0 aliphatic heterocycles. The highest BCUT2D eigenvalue weighted by molar-refractivity contribution is 7.99.